The first-order valence-corrected chi connectivity index (χ1v) is 9.86. The lowest BCUT2D eigenvalue weighted by atomic mass is 10.2. The van der Waals surface area contributed by atoms with Gasteiger partial charge >= 0.3 is 0 Å². The fraction of sp³-hybridized carbons (Fsp3) is 0.350. The minimum absolute atomic E-state index is 0.112. The van der Waals surface area contributed by atoms with Crippen LogP contribution < -0.4 is 0 Å². The van der Waals surface area contributed by atoms with Crippen molar-refractivity contribution in [2.75, 3.05) is 26.2 Å². The molecule has 6 heteroatoms. The number of fused-ring (bicyclic) bond motifs is 1. The number of aromatic nitrogens is 1. The Balaban J connectivity index is 1.42. The summed E-state index contributed by atoms with van der Waals surface area (Å²) in [5, 5.41) is 2.07. The maximum absolute atomic E-state index is 13.3. The predicted molar refractivity (Wildman–Crippen MR) is 103 cm³/mol. The Labute approximate surface area is 156 Å². The molecule has 0 atom stereocenters. The van der Waals surface area contributed by atoms with Crippen molar-refractivity contribution in [2.45, 2.75) is 20.0 Å². The summed E-state index contributed by atoms with van der Waals surface area (Å²) in [4.78, 5) is 17.2. The van der Waals surface area contributed by atoms with E-state index in [4.69, 9.17) is 0 Å². The van der Waals surface area contributed by atoms with Crippen molar-refractivity contribution >= 4 is 27.5 Å². The molecule has 1 fully saturated rings. The van der Waals surface area contributed by atoms with Gasteiger partial charge in [0.1, 0.15) is 11.5 Å². The van der Waals surface area contributed by atoms with Gasteiger partial charge in [0, 0.05) is 39.3 Å². The first-order valence-electron chi connectivity index (χ1n) is 8.98. The number of hydrogen-bond donors (Lipinski definition) is 0. The first-order chi connectivity index (χ1) is 12.7. The molecule has 1 aliphatic heterocycles. The van der Waals surface area contributed by atoms with Crippen molar-refractivity contribution in [3.05, 3.63) is 58.9 Å². The highest BCUT2D eigenvalue weighted by Gasteiger charge is 2.25. The first kappa shape index (κ1) is 17.2. The smallest absolute Gasteiger partial charge is 0.270 e. The molecule has 0 radical (unpaired) electrons. The topological polar surface area (TPSA) is 28.5 Å². The summed E-state index contributed by atoms with van der Waals surface area (Å²) in [6.07, 6.45) is 0. The summed E-state index contributed by atoms with van der Waals surface area (Å²) in [5.41, 5.74) is 2.91. The van der Waals surface area contributed by atoms with E-state index < -0.39 is 0 Å². The molecule has 4 nitrogen and oxygen atoms in total. The predicted octanol–water partition coefficient (Wildman–Crippen LogP) is 3.82. The monoisotopic (exact) mass is 371 g/mol. The Morgan fingerprint density at radius 3 is 2.69 bits per heavy atom. The Bertz CT molecular complexity index is 924. The second kappa shape index (κ2) is 7.21. The molecule has 0 saturated carbocycles. The number of halogens is 1. The number of piperazine rings is 1. The molecule has 0 bridgehead atoms. The van der Waals surface area contributed by atoms with Crippen molar-refractivity contribution in [2.24, 2.45) is 0 Å². The van der Waals surface area contributed by atoms with Crippen LogP contribution in [-0.4, -0.2) is 46.5 Å². The van der Waals surface area contributed by atoms with E-state index in [-0.39, 0.29) is 11.7 Å². The van der Waals surface area contributed by atoms with E-state index >= 15 is 0 Å². The van der Waals surface area contributed by atoms with Gasteiger partial charge < -0.3 is 9.47 Å². The number of hydrogen-bond acceptors (Lipinski definition) is 3. The zero-order valence-electron chi connectivity index (χ0n) is 14.8. The van der Waals surface area contributed by atoms with Gasteiger partial charge in [-0.25, -0.2) is 4.39 Å². The molecular weight excluding hydrogens is 349 g/mol. The number of rotatable bonds is 4. The SMILES string of the molecule is CCn1c(C(=O)N2CCN(Cc3cccc(F)c3)CC2)cc2sccc21. The van der Waals surface area contributed by atoms with Crippen LogP contribution in [0.3, 0.4) is 0 Å². The molecule has 1 amide bonds. The van der Waals surface area contributed by atoms with E-state index in [1.807, 2.05) is 17.0 Å². The van der Waals surface area contributed by atoms with Crippen LogP contribution in [0.15, 0.2) is 41.8 Å². The number of benzene rings is 1. The minimum atomic E-state index is -0.198. The van der Waals surface area contributed by atoms with Crippen LogP contribution in [0, 0.1) is 5.82 Å². The molecule has 0 aliphatic carbocycles. The fourth-order valence-corrected chi connectivity index (χ4v) is 4.48. The molecule has 2 aromatic heterocycles. The van der Waals surface area contributed by atoms with E-state index in [1.165, 1.54) is 10.8 Å². The molecule has 0 unspecified atom stereocenters. The van der Waals surface area contributed by atoms with Crippen molar-refractivity contribution in [1.82, 2.24) is 14.4 Å². The molecule has 1 aliphatic rings. The van der Waals surface area contributed by atoms with Gasteiger partial charge in [0.2, 0.25) is 0 Å². The number of aryl methyl sites for hydroxylation is 1. The van der Waals surface area contributed by atoms with Gasteiger partial charge in [-0.05, 0) is 42.1 Å². The third-order valence-electron chi connectivity index (χ3n) is 5.01. The number of thiophene rings is 1. The average Bonchev–Trinajstić information content (AvgIpc) is 3.22. The molecule has 1 aromatic carbocycles. The summed E-state index contributed by atoms with van der Waals surface area (Å²) in [6.45, 7) is 6.62. The molecule has 1 saturated heterocycles. The lowest BCUT2D eigenvalue weighted by Gasteiger charge is -2.34. The summed E-state index contributed by atoms with van der Waals surface area (Å²) in [5.74, 6) is -0.0859. The largest absolute Gasteiger partial charge is 0.336 e. The highest BCUT2D eigenvalue weighted by molar-refractivity contribution is 7.17. The normalized spacial score (nSPS) is 15.7. The summed E-state index contributed by atoms with van der Waals surface area (Å²) < 4.78 is 16.6. The summed E-state index contributed by atoms with van der Waals surface area (Å²) >= 11 is 1.67. The number of carbonyl (C=O) groups is 1. The summed E-state index contributed by atoms with van der Waals surface area (Å²) in [7, 11) is 0. The molecular formula is C20H22FN3OS. The van der Waals surface area contributed by atoms with Gasteiger partial charge in [-0.1, -0.05) is 12.1 Å². The van der Waals surface area contributed by atoms with Crippen LogP contribution in [0.4, 0.5) is 4.39 Å². The van der Waals surface area contributed by atoms with Crippen LogP contribution in [0.5, 0.6) is 0 Å². The molecule has 4 rings (SSSR count). The molecule has 0 spiro atoms. The maximum Gasteiger partial charge on any atom is 0.270 e. The van der Waals surface area contributed by atoms with E-state index in [2.05, 4.69) is 27.8 Å². The molecule has 0 N–H and O–H groups in total. The van der Waals surface area contributed by atoms with Crippen molar-refractivity contribution in [3.8, 4) is 0 Å². The van der Waals surface area contributed by atoms with Crippen LogP contribution >= 0.6 is 11.3 Å². The Morgan fingerprint density at radius 2 is 1.96 bits per heavy atom. The lowest BCUT2D eigenvalue weighted by molar-refractivity contribution is 0.0618. The molecule has 3 heterocycles. The molecule has 3 aromatic rings. The fourth-order valence-electron chi connectivity index (χ4n) is 3.66. The Hall–Kier alpha value is -2.18. The van der Waals surface area contributed by atoms with Gasteiger partial charge in [0.25, 0.3) is 5.91 Å². The van der Waals surface area contributed by atoms with Gasteiger partial charge in [0.15, 0.2) is 0 Å². The second-order valence-corrected chi connectivity index (χ2v) is 7.59. The van der Waals surface area contributed by atoms with Crippen molar-refractivity contribution < 1.29 is 9.18 Å². The zero-order chi connectivity index (χ0) is 18.1. The van der Waals surface area contributed by atoms with Crippen molar-refractivity contribution in [1.29, 1.82) is 0 Å². The van der Waals surface area contributed by atoms with Crippen LogP contribution in [0.2, 0.25) is 0 Å². The van der Waals surface area contributed by atoms with E-state index in [0.717, 1.165) is 43.0 Å². The summed E-state index contributed by atoms with van der Waals surface area (Å²) in [6, 6.07) is 10.8. The molecule has 136 valence electrons. The van der Waals surface area contributed by atoms with Crippen LogP contribution in [0.25, 0.3) is 10.2 Å². The number of nitrogens with zero attached hydrogens (tertiary/aromatic N) is 3. The van der Waals surface area contributed by atoms with Gasteiger partial charge in [-0.3, -0.25) is 9.69 Å². The van der Waals surface area contributed by atoms with Gasteiger partial charge in [0.05, 0.1) is 10.2 Å². The van der Waals surface area contributed by atoms with Crippen LogP contribution in [0.1, 0.15) is 23.0 Å². The van der Waals surface area contributed by atoms with E-state index in [1.54, 1.807) is 23.5 Å². The highest BCUT2D eigenvalue weighted by Crippen LogP contribution is 2.26. The van der Waals surface area contributed by atoms with Gasteiger partial charge in [-0.15, -0.1) is 11.3 Å². The molecule has 26 heavy (non-hydrogen) atoms. The van der Waals surface area contributed by atoms with Crippen LogP contribution in [-0.2, 0) is 13.1 Å². The number of carbonyl (C=O) groups excluding carboxylic acids is 1. The Morgan fingerprint density at radius 1 is 1.15 bits per heavy atom. The zero-order valence-corrected chi connectivity index (χ0v) is 15.6. The highest BCUT2D eigenvalue weighted by atomic mass is 32.1. The van der Waals surface area contributed by atoms with E-state index in [9.17, 15) is 9.18 Å². The average molecular weight is 371 g/mol. The Kier molecular flexibility index (Phi) is 4.78. The second-order valence-electron chi connectivity index (χ2n) is 6.64. The van der Waals surface area contributed by atoms with Gasteiger partial charge in [-0.2, -0.15) is 0 Å². The standard InChI is InChI=1S/C20H22FN3OS/c1-2-24-17-6-11-26-19(17)13-18(24)20(25)23-9-7-22(8-10-23)14-15-4-3-5-16(21)12-15/h3-6,11-13H,2,7-10,14H2,1H3. The number of amides is 1. The lowest BCUT2D eigenvalue weighted by Crippen LogP contribution is -2.48. The minimum Gasteiger partial charge on any atom is -0.336 e. The third-order valence-corrected chi connectivity index (χ3v) is 5.87. The van der Waals surface area contributed by atoms with E-state index in [0.29, 0.717) is 13.1 Å². The quantitative estimate of drug-likeness (QED) is 0.698. The maximum atomic E-state index is 13.3. The van der Waals surface area contributed by atoms with Crippen molar-refractivity contribution in [3.63, 3.8) is 0 Å². The third kappa shape index (κ3) is 3.27.